The fourth-order valence-electron chi connectivity index (χ4n) is 2.29. The molecule has 0 bridgehead atoms. The molecule has 0 fully saturated rings. The van der Waals surface area contributed by atoms with Gasteiger partial charge in [0.2, 0.25) is 0 Å². The van der Waals surface area contributed by atoms with Gasteiger partial charge in [0.15, 0.2) is 0 Å². The van der Waals surface area contributed by atoms with Crippen LogP contribution in [0, 0.1) is 0 Å². The Bertz CT molecular complexity index is 637. The van der Waals surface area contributed by atoms with Crippen LogP contribution in [0.15, 0.2) is 59.2 Å². The van der Waals surface area contributed by atoms with E-state index in [1.807, 2.05) is 54.6 Å². The summed E-state index contributed by atoms with van der Waals surface area (Å²) in [5.41, 5.74) is 1.07. The SMILES string of the molecule is O=C(O)CCCC(O)(C/C=C\c1ccccc1)SCc1ccco1. The Balaban J connectivity index is 1.94. The van der Waals surface area contributed by atoms with Crippen LogP contribution in [0.5, 0.6) is 0 Å². The van der Waals surface area contributed by atoms with Crippen molar-refractivity contribution in [2.24, 2.45) is 0 Å². The van der Waals surface area contributed by atoms with Crippen molar-refractivity contribution in [3.05, 3.63) is 66.1 Å². The first-order valence-electron chi connectivity index (χ1n) is 7.89. The summed E-state index contributed by atoms with van der Waals surface area (Å²) in [4.78, 5) is 9.70. The first-order valence-corrected chi connectivity index (χ1v) is 8.88. The summed E-state index contributed by atoms with van der Waals surface area (Å²) in [6.45, 7) is 0. The highest BCUT2D eigenvalue weighted by Crippen LogP contribution is 2.35. The maximum atomic E-state index is 10.9. The van der Waals surface area contributed by atoms with Gasteiger partial charge in [-0.3, -0.25) is 4.79 Å². The standard InChI is InChI=1S/C19H22O4S/c20-18(21)11-5-13-19(22,24-15-17-10-6-14-23-17)12-4-9-16-7-2-1-3-8-16/h1-4,6-10,14,22H,5,11-13,15H2,(H,20,21)/b9-4-. The number of furan rings is 1. The first kappa shape index (κ1) is 18.4. The van der Waals surface area contributed by atoms with E-state index < -0.39 is 10.9 Å². The van der Waals surface area contributed by atoms with Gasteiger partial charge in [0.25, 0.3) is 0 Å². The molecule has 24 heavy (non-hydrogen) atoms. The number of carboxylic acids is 1. The lowest BCUT2D eigenvalue weighted by molar-refractivity contribution is -0.137. The molecule has 1 unspecified atom stereocenters. The van der Waals surface area contributed by atoms with Crippen molar-refractivity contribution in [3.63, 3.8) is 0 Å². The highest BCUT2D eigenvalue weighted by Gasteiger charge is 2.26. The molecule has 2 aromatic rings. The van der Waals surface area contributed by atoms with Crippen molar-refractivity contribution >= 4 is 23.8 Å². The smallest absolute Gasteiger partial charge is 0.303 e. The van der Waals surface area contributed by atoms with Gasteiger partial charge < -0.3 is 14.6 Å². The zero-order chi connectivity index (χ0) is 17.3. The largest absolute Gasteiger partial charge is 0.481 e. The van der Waals surface area contributed by atoms with Gasteiger partial charge in [-0.2, -0.15) is 0 Å². The summed E-state index contributed by atoms with van der Waals surface area (Å²) in [6.07, 6.45) is 6.88. The number of hydrogen-bond acceptors (Lipinski definition) is 4. The molecule has 2 rings (SSSR count). The lowest BCUT2D eigenvalue weighted by Gasteiger charge is -2.26. The number of carbonyl (C=O) groups is 1. The monoisotopic (exact) mass is 346 g/mol. The number of aliphatic carboxylic acids is 1. The van der Waals surface area contributed by atoms with Gasteiger partial charge in [0.05, 0.1) is 12.0 Å². The third-order valence-corrected chi connectivity index (χ3v) is 4.90. The molecule has 128 valence electrons. The van der Waals surface area contributed by atoms with E-state index in [-0.39, 0.29) is 6.42 Å². The molecule has 1 heterocycles. The quantitative estimate of drug-likeness (QED) is 0.617. The first-order chi connectivity index (χ1) is 11.6. The summed E-state index contributed by atoms with van der Waals surface area (Å²) in [5.74, 6) is 0.507. The van der Waals surface area contributed by atoms with Gasteiger partial charge in [0, 0.05) is 12.8 Å². The van der Waals surface area contributed by atoms with E-state index in [9.17, 15) is 9.90 Å². The molecule has 0 amide bonds. The minimum Gasteiger partial charge on any atom is -0.481 e. The Labute approximate surface area is 146 Å². The molecule has 0 saturated carbocycles. The van der Waals surface area contributed by atoms with Crippen LogP contribution in [0.25, 0.3) is 6.08 Å². The van der Waals surface area contributed by atoms with E-state index in [4.69, 9.17) is 9.52 Å². The second kappa shape index (κ2) is 9.35. The third kappa shape index (κ3) is 6.64. The van der Waals surface area contributed by atoms with E-state index in [0.29, 0.717) is 25.0 Å². The molecule has 4 nitrogen and oxygen atoms in total. The van der Waals surface area contributed by atoms with Crippen LogP contribution in [-0.4, -0.2) is 21.1 Å². The van der Waals surface area contributed by atoms with Crippen molar-refractivity contribution in [3.8, 4) is 0 Å². The lowest BCUT2D eigenvalue weighted by atomic mass is 10.1. The number of hydrogen-bond donors (Lipinski definition) is 2. The lowest BCUT2D eigenvalue weighted by Crippen LogP contribution is -2.24. The van der Waals surface area contributed by atoms with Crippen LogP contribution in [0.2, 0.25) is 0 Å². The molecular formula is C19H22O4S. The molecule has 1 aromatic heterocycles. The third-order valence-electron chi connectivity index (χ3n) is 3.57. The summed E-state index contributed by atoms with van der Waals surface area (Å²) in [5, 5.41) is 19.7. The van der Waals surface area contributed by atoms with Gasteiger partial charge in [-0.1, -0.05) is 42.5 Å². The summed E-state index contributed by atoms with van der Waals surface area (Å²) in [6, 6.07) is 13.6. The fourth-order valence-corrected chi connectivity index (χ4v) is 3.37. The molecule has 2 N–H and O–H groups in total. The summed E-state index contributed by atoms with van der Waals surface area (Å²) in [7, 11) is 0. The number of carboxylic acid groups (broad SMARTS) is 1. The highest BCUT2D eigenvalue weighted by atomic mass is 32.2. The molecular weight excluding hydrogens is 324 g/mol. The van der Waals surface area contributed by atoms with Gasteiger partial charge in [0.1, 0.15) is 10.7 Å². The molecule has 1 atom stereocenters. The zero-order valence-corrected chi connectivity index (χ0v) is 14.2. The Hall–Kier alpha value is -1.98. The second-order valence-corrected chi connectivity index (χ2v) is 6.92. The van der Waals surface area contributed by atoms with Gasteiger partial charge in [-0.15, -0.1) is 11.8 Å². The molecule has 1 aromatic carbocycles. The Morgan fingerprint density at radius 2 is 2.00 bits per heavy atom. The number of benzene rings is 1. The van der Waals surface area contributed by atoms with E-state index in [2.05, 4.69) is 0 Å². The van der Waals surface area contributed by atoms with Crippen LogP contribution in [0.4, 0.5) is 0 Å². The second-order valence-electron chi connectivity index (χ2n) is 5.58. The molecule has 0 aliphatic heterocycles. The predicted molar refractivity (Wildman–Crippen MR) is 96.5 cm³/mol. The van der Waals surface area contributed by atoms with Crippen molar-refractivity contribution in [2.75, 3.05) is 0 Å². The van der Waals surface area contributed by atoms with Crippen LogP contribution in [-0.2, 0) is 10.5 Å². The summed E-state index contributed by atoms with van der Waals surface area (Å²) < 4.78 is 5.30. The van der Waals surface area contributed by atoms with Crippen LogP contribution in [0.3, 0.4) is 0 Å². The molecule has 0 aliphatic carbocycles. The number of thioether (sulfide) groups is 1. The molecule has 0 spiro atoms. The number of aliphatic hydroxyl groups is 1. The maximum absolute atomic E-state index is 10.9. The predicted octanol–water partition coefficient (Wildman–Crippen LogP) is 4.56. The Kier molecular flexibility index (Phi) is 7.15. The number of rotatable bonds is 10. The van der Waals surface area contributed by atoms with Crippen molar-refractivity contribution in [1.82, 2.24) is 0 Å². The zero-order valence-electron chi connectivity index (χ0n) is 13.4. The van der Waals surface area contributed by atoms with Gasteiger partial charge in [-0.25, -0.2) is 0 Å². The fraction of sp³-hybridized carbons (Fsp3) is 0.316. The normalized spacial score (nSPS) is 13.9. The van der Waals surface area contributed by atoms with Crippen LogP contribution in [0.1, 0.15) is 37.0 Å². The topological polar surface area (TPSA) is 70.7 Å². The van der Waals surface area contributed by atoms with Crippen LogP contribution >= 0.6 is 11.8 Å². The van der Waals surface area contributed by atoms with E-state index in [1.54, 1.807) is 6.26 Å². The average molecular weight is 346 g/mol. The molecule has 0 aliphatic rings. The van der Waals surface area contributed by atoms with Crippen molar-refractivity contribution < 1.29 is 19.4 Å². The minimum absolute atomic E-state index is 0.0615. The van der Waals surface area contributed by atoms with E-state index in [0.717, 1.165) is 11.3 Å². The highest BCUT2D eigenvalue weighted by molar-refractivity contribution is 7.99. The molecule has 0 saturated heterocycles. The average Bonchev–Trinajstić information content (AvgIpc) is 3.07. The maximum Gasteiger partial charge on any atom is 0.303 e. The van der Waals surface area contributed by atoms with Gasteiger partial charge >= 0.3 is 5.97 Å². The van der Waals surface area contributed by atoms with Gasteiger partial charge in [-0.05, 0) is 30.5 Å². The Morgan fingerprint density at radius 1 is 1.21 bits per heavy atom. The van der Waals surface area contributed by atoms with E-state index in [1.165, 1.54) is 11.8 Å². The van der Waals surface area contributed by atoms with Crippen molar-refractivity contribution in [2.45, 2.75) is 36.4 Å². The van der Waals surface area contributed by atoms with Crippen LogP contribution < -0.4 is 0 Å². The van der Waals surface area contributed by atoms with E-state index >= 15 is 0 Å². The Morgan fingerprint density at radius 3 is 2.67 bits per heavy atom. The summed E-state index contributed by atoms with van der Waals surface area (Å²) >= 11 is 1.39. The van der Waals surface area contributed by atoms with Crippen molar-refractivity contribution in [1.29, 1.82) is 0 Å². The molecule has 0 radical (unpaired) electrons. The minimum atomic E-state index is -1.01. The molecule has 5 heteroatoms.